The van der Waals surface area contributed by atoms with Gasteiger partial charge in [-0.1, -0.05) is 11.8 Å². The SMILES string of the molecule is CCOC(=O)c1ccc(NC(=O)CSc2nc3cccnc3n2CC)cc1. The maximum atomic E-state index is 12.2. The van der Waals surface area contributed by atoms with Crippen LogP contribution in [0.1, 0.15) is 24.2 Å². The van der Waals surface area contributed by atoms with Gasteiger partial charge >= 0.3 is 5.97 Å². The van der Waals surface area contributed by atoms with Crippen LogP contribution >= 0.6 is 11.8 Å². The number of carbonyl (C=O) groups excluding carboxylic acids is 2. The Morgan fingerprint density at radius 3 is 2.67 bits per heavy atom. The van der Waals surface area contributed by atoms with Crippen LogP contribution in [0, 0.1) is 0 Å². The van der Waals surface area contributed by atoms with Gasteiger partial charge in [0.2, 0.25) is 5.91 Å². The first-order valence-electron chi connectivity index (χ1n) is 8.63. The fraction of sp³-hybridized carbons (Fsp3) is 0.263. The van der Waals surface area contributed by atoms with E-state index in [9.17, 15) is 9.59 Å². The summed E-state index contributed by atoms with van der Waals surface area (Å²) in [4.78, 5) is 32.8. The van der Waals surface area contributed by atoms with Gasteiger partial charge in [-0.15, -0.1) is 0 Å². The number of anilines is 1. The number of nitrogens with one attached hydrogen (secondary N) is 1. The average molecular weight is 384 g/mol. The number of aryl methyl sites for hydroxylation is 1. The number of benzene rings is 1. The molecule has 3 aromatic rings. The van der Waals surface area contributed by atoms with Gasteiger partial charge in [-0.3, -0.25) is 4.79 Å². The first-order valence-corrected chi connectivity index (χ1v) is 9.62. The number of pyridine rings is 1. The minimum absolute atomic E-state index is 0.147. The third-order valence-corrected chi connectivity index (χ3v) is 4.77. The number of hydrogen-bond donors (Lipinski definition) is 1. The van der Waals surface area contributed by atoms with E-state index in [1.807, 2.05) is 23.6 Å². The molecule has 0 aliphatic heterocycles. The summed E-state index contributed by atoms with van der Waals surface area (Å²) in [5.74, 6) is -0.298. The minimum Gasteiger partial charge on any atom is -0.462 e. The molecule has 0 aliphatic carbocycles. The Morgan fingerprint density at radius 1 is 1.19 bits per heavy atom. The van der Waals surface area contributed by atoms with Crippen molar-refractivity contribution >= 4 is 40.5 Å². The van der Waals surface area contributed by atoms with E-state index in [-0.39, 0.29) is 17.6 Å². The van der Waals surface area contributed by atoms with Gasteiger partial charge in [0.25, 0.3) is 0 Å². The van der Waals surface area contributed by atoms with E-state index in [2.05, 4.69) is 15.3 Å². The second kappa shape index (κ2) is 8.68. The second-order valence-corrected chi connectivity index (χ2v) is 6.56. The van der Waals surface area contributed by atoms with Crippen LogP contribution in [-0.4, -0.2) is 38.8 Å². The Labute approximate surface area is 161 Å². The van der Waals surface area contributed by atoms with Gasteiger partial charge in [0.15, 0.2) is 10.8 Å². The van der Waals surface area contributed by atoms with Crippen molar-refractivity contribution in [2.45, 2.75) is 25.5 Å². The van der Waals surface area contributed by atoms with Crippen LogP contribution in [0.15, 0.2) is 47.8 Å². The number of rotatable bonds is 7. The van der Waals surface area contributed by atoms with Gasteiger partial charge in [0, 0.05) is 18.4 Å². The number of hydrogen-bond acceptors (Lipinski definition) is 6. The molecule has 7 nitrogen and oxygen atoms in total. The van der Waals surface area contributed by atoms with Crippen LogP contribution < -0.4 is 5.32 Å². The molecule has 1 aromatic carbocycles. The molecule has 8 heteroatoms. The molecule has 3 rings (SSSR count). The number of esters is 1. The monoisotopic (exact) mass is 384 g/mol. The lowest BCUT2D eigenvalue weighted by molar-refractivity contribution is -0.113. The maximum Gasteiger partial charge on any atom is 0.338 e. The Morgan fingerprint density at radius 2 is 1.96 bits per heavy atom. The van der Waals surface area contributed by atoms with E-state index in [4.69, 9.17) is 4.74 Å². The molecule has 0 aliphatic rings. The van der Waals surface area contributed by atoms with E-state index in [0.717, 1.165) is 22.9 Å². The first kappa shape index (κ1) is 18.9. The first-order chi connectivity index (χ1) is 13.1. The van der Waals surface area contributed by atoms with E-state index < -0.39 is 0 Å². The third-order valence-electron chi connectivity index (χ3n) is 3.80. The molecular weight excluding hydrogens is 364 g/mol. The van der Waals surface area contributed by atoms with Crippen molar-refractivity contribution < 1.29 is 14.3 Å². The summed E-state index contributed by atoms with van der Waals surface area (Å²) in [6, 6.07) is 10.4. The number of ether oxygens (including phenoxy) is 1. The number of nitrogens with zero attached hydrogens (tertiary/aromatic N) is 3. The van der Waals surface area contributed by atoms with E-state index >= 15 is 0 Å². The quantitative estimate of drug-likeness (QED) is 0.497. The highest BCUT2D eigenvalue weighted by Gasteiger charge is 2.13. The molecule has 0 fully saturated rings. The summed E-state index contributed by atoms with van der Waals surface area (Å²) in [5.41, 5.74) is 2.71. The largest absolute Gasteiger partial charge is 0.462 e. The van der Waals surface area contributed by atoms with Crippen molar-refractivity contribution in [2.24, 2.45) is 0 Å². The van der Waals surface area contributed by atoms with Crippen LogP contribution in [0.25, 0.3) is 11.2 Å². The van der Waals surface area contributed by atoms with Gasteiger partial charge in [-0.2, -0.15) is 0 Å². The Hall–Kier alpha value is -2.87. The van der Waals surface area contributed by atoms with Gasteiger partial charge < -0.3 is 14.6 Å². The number of imidazole rings is 1. The molecule has 2 aromatic heterocycles. The Bertz CT molecular complexity index is 953. The highest BCUT2D eigenvalue weighted by atomic mass is 32.2. The zero-order valence-electron chi connectivity index (χ0n) is 15.1. The van der Waals surface area contributed by atoms with E-state index in [1.165, 1.54) is 11.8 Å². The molecule has 0 saturated carbocycles. The van der Waals surface area contributed by atoms with Crippen molar-refractivity contribution in [1.82, 2.24) is 14.5 Å². The van der Waals surface area contributed by atoms with Crippen LogP contribution in [-0.2, 0) is 16.1 Å². The van der Waals surface area contributed by atoms with Crippen LogP contribution in [0.4, 0.5) is 5.69 Å². The number of amides is 1. The molecular formula is C19H20N4O3S. The van der Waals surface area contributed by atoms with Crippen molar-refractivity contribution in [3.8, 4) is 0 Å². The molecule has 140 valence electrons. The summed E-state index contributed by atoms with van der Waals surface area (Å²) in [6.45, 7) is 4.83. The smallest absolute Gasteiger partial charge is 0.338 e. The van der Waals surface area contributed by atoms with E-state index in [1.54, 1.807) is 37.4 Å². The lowest BCUT2D eigenvalue weighted by atomic mass is 10.2. The van der Waals surface area contributed by atoms with E-state index in [0.29, 0.717) is 17.9 Å². The predicted octanol–water partition coefficient (Wildman–Crippen LogP) is 3.36. The summed E-state index contributed by atoms with van der Waals surface area (Å²) in [5, 5.41) is 3.58. The van der Waals surface area contributed by atoms with Crippen molar-refractivity contribution in [1.29, 1.82) is 0 Å². The highest BCUT2D eigenvalue weighted by Crippen LogP contribution is 2.23. The molecule has 27 heavy (non-hydrogen) atoms. The molecule has 1 amide bonds. The van der Waals surface area contributed by atoms with Crippen LogP contribution in [0.3, 0.4) is 0 Å². The lowest BCUT2D eigenvalue weighted by Gasteiger charge is -2.07. The zero-order chi connectivity index (χ0) is 19.2. The van der Waals surface area contributed by atoms with Crippen molar-refractivity contribution in [2.75, 3.05) is 17.7 Å². The van der Waals surface area contributed by atoms with Crippen LogP contribution in [0.5, 0.6) is 0 Å². The number of aromatic nitrogens is 3. The predicted molar refractivity (Wildman–Crippen MR) is 105 cm³/mol. The van der Waals surface area contributed by atoms with Gasteiger partial charge in [0.1, 0.15) is 5.52 Å². The average Bonchev–Trinajstić information content (AvgIpc) is 3.04. The molecule has 0 saturated heterocycles. The molecule has 1 N–H and O–H groups in total. The van der Waals surface area contributed by atoms with Gasteiger partial charge in [0.05, 0.1) is 17.9 Å². The van der Waals surface area contributed by atoms with Crippen molar-refractivity contribution in [3.63, 3.8) is 0 Å². The summed E-state index contributed by atoms with van der Waals surface area (Å²) in [7, 11) is 0. The number of thioether (sulfide) groups is 1. The summed E-state index contributed by atoms with van der Waals surface area (Å²) < 4.78 is 6.93. The Balaban J connectivity index is 1.61. The highest BCUT2D eigenvalue weighted by molar-refractivity contribution is 7.99. The Kier molecular flexibility index (Phi) is 6.08. The molecule has 0 bridgehead atoms. The fourth-order valence-electron chi connectivity index (χ4n) is 2.56. The second-order valence-electron chi connectivity index (χ2n) is 5.62. The normalized spacial score (nSPS) is 10.7. The zero-order valence-corrected chi connectivity index (χ0v) is 16.0. The third kappa shape index (κ3) is 4.46. The van der Waals surface area contributed by atoms with Crippen molar-refractivity contribution in [3.05, 3.63) is 48.2 Å². The lowest BCUT2D eigenvalue weighted by Crippen LogP contribution is -2.15. The van der Waals surface area contributed by atoms with Gasteiger partial charge in [-0.25, -0.2) is 14.8 Å². The number of fused-ring (bicyclic) bond motifs is 1. The fourth-order valence-corrected chi connectivity index (χ4v) is 3.43. The minimum atomic E-state index is -0.377. The molecule has 0 radical (unpaired) electrons. The number of carbonyl (C=O) groups is 2. The molecule has 0 atom stereocenters. The standard InChI is InChI=1S/C19H20N4O3S/c1-3-23-17-15(6-5-11-20-17)22-19(23)27-12-16(24)21-14-9-7-13(8-10-14)18(25)26-4-2/h5-11H,3-4,12H2,1-2H3,(H,21,24). The van der Waals surface area contributed by atoms with Crippen LogP contribution in [0.2, 0.25) is 0 Å². The molecule has 2 heterocycles. The van der Waals surface area contributed by atoms with Gasteiger partial charge in [-0.05, 0) is 50.2 Å². The molecule has 0 spiro atoms. The maximum absolute atomic E-state index is 12.2. The summed E-state index contributed by atoms with van der Waals surface area (Å²) in [6.07, 6.45) is 1.73. The molecule has 0 unspecified atom stereocenters. The summed E-state index contributed by atoms with van der Waals surface area (Å²) >= 11 is 1.37. The topological polar surface area (TPSA) is 86.1 Å².